The maximum atomic E-state index is 10.7. The second kappa shape index (κ2) is 4.61. The summed E-state index contributed by atoms with van der Waals surface area (Å²) in [6.45, 7) is 0.608. The minimum atomic E-state index is -0.0973. The van der Waals surface area contributed by atoms with E-state index in [0.717, 1.165) is 5.56 Å². The third kappa shape index (κ3) is 3.25. The Bertz CT molecular complexity index is 327. The van der Waals surface area contributed by atoms with Crippen molar-refractivity contribution in [3.05, 3.63) is 34.2 Å². The molecule has 0 radical (unpaired) electrons. The van der Waals surface area contributed by atoms with Gasteiger partial charge >= 0.3 is 0 Å². The molecule has 13 heavy (non-hydrogen) atoms. The van der Waals surface area contributed by atoms with Crippen molar-refractivity contribution in [3.63, 3.8) is 0 Å². The van der Waals surface area contributed by atoms with Gasteiger partial charge in [0.1, 0.15) is 0 Å². The van der Waals surface area contributed by atoms with Crippen LogP contribution in [-0.2, 0) is 6.54 Å². The Hall–Kier alpha value is -1.36. The summed E-state index contributed by atoms with van der Waals surface area (Å²) in [6, 6.07) is 3.24. The van der Waals surface area contributed by atoms with Gasteiger partial charge in [0.15, 0.2) is 5.11 Å². The predicted molar refractivity (Wildman–Crippen MR) is 55.6 cm³/mol. The van der Waals surface area contributed by atoms with Crippen LogP contribution in [0.2, 0.25) is 0 Å². The first kappa shape index (κ1) is 9.73. The van der Waals surface area contributed by atoms with E-state index in [4.69, 9.17) is 12.2 Å². The number of nitrogens with one attached hydrogen (secondary N) is 3. The van der Waals surface area contributed by atoms with Gasteiger partial charge in [-0.3, -0.25) is 4.79 Å². The summed E-state index contributed by atoms with van der Waals surface area (Å²) in [5, 5.41) is 6.35. The summed E-state index contributed by atoms with van der Waals surface area (Å²) in [7, 11) is 1.75. The van der Waals surface area contributed by atoms with Crippen LogP contribution in [0.3, 0.4) is 0 Å². The van der Waals surface area contributed by atoms with Crippen LogP contribution in [-0.4, -0.2) is 17.1 Å². The van der Waals surface area contributed by atoms with E-state index in [1.54, 1.807) is 19.3 Å². The minimum Gasteiger partial charge on any atom is -0.366 e. The van der Waals surface area contributed by atoms with Gasteiger partial charge in [-0.1, -0.05) is 6.07 Å². The van der Waals surface area contributed by atoms with Gasteiger partial charge in [-0.05, 0) is 17.8 Å². The first-order valence-electron chi connectivity index (χ1n) is 3.85. The predicted octanol–water partition coefficient (Wildman–Crippen LogP) is -0.0312. The van der Waals surface area contributed by atoms with Crippen molar-refractivity contribution in [2.75, 3.05) is 7.05 Å². The average Bonchev–Trinajstić information content (AvgIpc) is 2.16. The third-order valence-electron chi connectivity index (χ3n) is 1.53. The monoisotopic (exact) mass is 197 g/mol. The molecule has 0 aliphatic rings. The van der Waals surface area contributed by atoms with Gasteiger partial charge in [0.25, 0.3) is 0 Å². The number of aromatic amines is 1. The number of H-pyrrole nitrogens is 1. The van der Waals surface area contributed by atoms with Crippen molar-refractivity contribution in [1.82, 2.24) is 15.6 Å². The molecule has 0 aliphatic heterocycles. The molecule has 5 heteroatoms. The Kier molecular flexibility index (Phi) is 3.45. The lowest BCUT2D eigenvalue weighted by atomic mass is 10.3. The summed E-state index contributed by atoms with van der Waals surface area (Å²) in [6.07, 6.45) is 1.66. The molecule has 0 saturated heterocycles. The Labute approximate surface area is 81.4 Å². The highest BCUT2D eigenvalue weighted by Gasteiger charge is 1.93. The highest BCUT2D eigenvalue weighted by molar-refractivity contribution is 7.80. The smallest absolute Gasteiger partial charge is 0.247 e. The van der Waals surface area contributed by atoms with Crippen molar-refractivity contribution in [3.8, 4) is 0 Å². The summed E-state index contributed by atoms with van der Waals surface area (Å²) in [5.41, 5.74) is 0.886. The molecule has 0 bridgehead atoms. The second-order valence-corrected chi connectivity index (χ2v) is 2.90. The fourth-order valence-corrected chi connectivity index (χ4v) is 0.896. The second-order valence-electron chi connectivity index (χ2n) is 2.49. The SMILES string of the molecule is CNC(=S)NCc1ccc(=O)[nH]c1. The van der Waals surface area contributed by atoms with Gasteiger partial charge in [-0.2, -0.15) is 0 Å². The number of hydrogen-bond donors (Lipinski definition) is 3. The van der Waals surface area contributed by atoms with E-state index in [2.05, 4.69) is 15.6 Å². The highest BCUT2D eigenvalue weighted by Crippen LogP contribution is 1.91. The standard InChI is InChI=1S/C8H11N3OS/c1-9-8(13)11-5-6-2-3-7(12)10-4-6/h2-4H,5H2,1H3,(H,10,12)(H2,9,11,13). The number of pyridine rings is 1. The molecule has 1 aromatic heterocycles. The minimum absolute atomic E-state index is 0.0973. The van der Waals surface area contributed by atoms with Gasteiger partial charge in [0.2, 0.25) is 5.56 Å². The van der Waals surface area contributed by atoms with Crippen LogP contribution in [0.5, 0.6) is 0 Å². The molecular weight excluding hydrogens is 186 g/mol. The fraction of sp³-hybridized carbons (Fsp3) is 0.250. The van der Waals surface area contributed by atoms with Crippen LogP contribution < -0.4 is 16.2 Å². The molecule has 1 aromatic rings. The maximum Gasteiger partial charge on any atom is 0.247 e. The summed E-state index contributed by atoms with van der Waals surface area (Å²) in [4.78, 5) is 13.3. The van der Waals surface area contributed by atoms with Crippen molar-refractivity contribution in [2.45, 2.75) is 6.54 Å². The van der Waals surface area contributed by atoms with Crippen molar-refractivity contribution >= 4 is 17.3 Å². The van der Waals surface area contributed by atoms with Crippen LogP contribution in [0, 0.1) is 0 Å². The molecule has 0 saturated carbocycles. The molecule has 0 amide bonds. The zero-order valence-electron chi connectivity index (χ0n) is 7.26. The molecule has 70 valence electrons. The lowest BCUT2D eigenvalue weighted by Crippen LogP contribution is -2.31. The van der Waals surface area contributed by atoms with E-state index >= 15 is 0 Å². The molecule has 0 atom stereocenters. The molecule has 4 nitrogen and oxygen atoms in total. The summed E-state index contributed by atoms with van der Waals surface area (Å²) in [5.74, 6) is 0. The van der Waals surface area contributed by atoms with Gasteiger partial charge in [-0.25, -0.2) is 0 Å². The Morgan fingerprint density at radius 3 is 2.92 bits per heavy atom. The molecule has 0 aliphatic carbocycles. The Balaban J connectivity index is 2.50. The third-order valence-corrected chi connectivity index (χ3v) is 1.88. The lowest BCUT2D eigenvalue weighted by Gasteiger charge is -2.05. The number of hydrogen-bond acceptors (Lipinski definition) is 2. The molecule has 1 heterocycles. The van der Waals surface area contributed by atoms with Crippen molar-refractivity contribution in [2.24, 2.45) is 0 Å². The molecule has 0 aromatic carbocycles. The summed E-state index contributed by atoms with van der Waals surface area (Å²) < 4.78 is 0. The van der Waals surface area contributed by atoms with Crippen molar-refractivity contribution < 1.29 is 0 Å². The van der Waals surface area contributed by atoms with Crippen LogP contribution in [0.25, 0.3) is 0 Å². The Morgan fingerprint density at radius 2 is 2.38 bits per heavy atom. The van der Waals surface area contributed by atoms with Crippen molar-refractivity contribution in [1.29, 1.82) is 0 Å². The Morgan fingerprint density at radius 1 is 1.62 bits per heavy atom. The van der Waals surface area contributed by atoms with E-state index in [0.29, 0.717) is 11.7 Å². The van der Waals surface area contributed by atoms with Crippen LogP contribution in [0.4, 0.5) is 0 Å². The van der Waals surface area contributed by atoms with Gasteiger partial charge in [-0.15, -0.1) is 0 Å². The van der Waals surface area contributed by atoms with E-state index in [-0.39, 0.29) is 5.56 Å². The van der Waals surface area contributed by atoms with Crippen LogP contribution in [0.1, 0.15) is 5.56 Å². The largest absolute Gasteiger partial charge is 0.366 e. The number of rotatable bonds is 2. The van der Waals surface area contributed by atoms with Crippen LogP contribution >= 0.6 is 12.2 Å². The average molecular weight is 197 g/mol. The van der Waals surface area contributed by atoms with E-state index in [1.807, 2.05) is 0 Å². The summed E-state index contributed by atoms with van der Waals surface area (Å²) >= 11 is 4.89. The molecule has 0 spiro atoms. The van der Waals surface area contributed by atoms with Gasteiger partial charge in [0.05, 0.1) is 0 Å². The molecule has 3 N–H and O–H groups in total. The van der Waals surface area contributed by atoms with Gasteiger partial charge in [0, 0.05) is 25.9 Å². The lowest BCUT2D eigenvalue weighted by molar-refractivity contribution is 0.882. The fourth-order valence-electron chi connectivity index (χ4n) is 0.823. The number of aromatic nitrogens is 1. The first-order chi connectivity index (χ1) is 6.22. The zero-order chi connectivity index (χ0) is 9.68. The molecule has 1 rings (SSSR count). The highest BCUT2D eigenvalue weighted by atomic mass is 32.1. The zero-order valence-corrected chi connectivity index (χ0v) is 8.07. The molecule has 0 unspecified atom stereocenters. The normalized spacial score (nSPS) is 9.31. The number of thiocarbonyl (C=S) groups is 1. The topological polar surface area (TPSA) is 56.9 Å². The van der Waals surface area contributed by atoms with Crippen LogP contribution in [0.15, 0.2) is 23.1 Å². The molecule has 0 fully saturated rings. The first-order valence-corrected chi connectivity index (χ1v) is 4.26. The maximum absolute atomic E-state index is 10.7. The quantitative estimate of drug-likeness (QED) is 0.583. The molecular formula is C8H11N3OS. The van der Waals surface area contributed by atoms with E-state index in [9.17, 15) is 4.79 Å². The van der Waals surface area contributed by atoms with E-state index < -0.39 is 0 Å². The van der Waals surface area contributed by atoms with Gasteiger partial charge < -0.3 is 15.6 Å². The van der Waals surface area contributed by atoms with E-state index in [1.165, 1.54) is 6.07 Å².